The average molecular weight is 256 g/mol. The Morgan fingerprint density at radius 1 is 1.44 bits per heavy atom. The number of hydrogen-bond donors (Lipinski definition) is 1. The molecule has 0 spiro atoms. The van der Waals surface area contributed by atoms with Crippen molar-refractivity contribution in [1.29, 1.82) is 0 Å². The monoisotopic (exact) mass is 256 g/mol. The number of nitrogens with zero attached hydrogens (tertiary/aromatic N) is 3. The Morgan fingerprint density at radius 3 is 2.67 bits per heavy atom. The minimum absolute atomic E-state index is 0.0439. The van der Waals surface area contributed by atoms with E-state index in [4.69, 9.17) is 15.2 Å². The van der Waals surface area contributed by atoms with Crippen LogP contribution in [0.1, 0.15) is 35.6 Å². The number of amides is 1. The Hall–Kier alpha value is -1.47. The van der Waals surface area contributed by atoms with E-state index in [2.05, 4.69) is 10.3 Å². The molecule has 7 nitrogen and oxygen atoms in total. The van der Waals surface area contributed by atoms with Crippen molar-refractivity contribution < 1.29 is 14.3 Å². The lowest BCUT2D eigenvalue weighted by molar-refractivity contribution is 0.0993. The third-order valence-electron chi connectivity index (χ3n) is 2.74. The van der Waals surface area contributed by atoms with Crippen LogP contribution in [-0.4, -0.2) is 48.3 Å². The number of rotatable bonds is 8. The largest absolute Gasteiger partial charge is 0.384 e. The van der Waals surface area contributed by atoms with Crippen LogP contribution in [0.5, 0.6) is 0 Å². The smallest absolute Gasteiger partial charge is 0.271 e. The number of primary amides is 1. The molecule has 1 atom stereocenters. The Bertz CT molecular complexity index is 392. The first-order valence-electron chi connectivity index (χ1n) is 5.87. The SMILES string of the molecule is CCC(COC)n1nnc(C(N)=O)c1CCOC. The highest BCUT2D eigenvalue weighted by molar-refractivity contribution is 5.91. The average Bonchev–Trinajstić information content (AvgIpc) is 2.77. The Labute approximate surface area is 106 Å². The zero-order valence-corrected chi connectivity index (χ0v) is 11.0. The summed E-state index contributed by atoms with van der Waals surface area (Å²) in [6, 6.07) is 0.0439. The second kappa shape index (κ2) is 7.07. The molecule has 0 radical (unpaired) electrons. The fraction of sp³-hybridized carbons (Fsp3) is 0.727. The summed E-state index contributed by atoms with van der Waals surface area (Å²) in [5.41, 5.74) is 6.20. The van der Waals surface area contributed by atoms with Gasteiger partial charge in [0.05, 0.1) is 24.9 Å². The molecule has 7 heteroatoms. The molecule has 102 valence electrons. The van der Waals surface area contributed by atoms with Crippen LogP contribution in [0.2, 0.25) is 0 Å². The molecule has 0 aromatic carbocycles. The van der Waals surface area contributed by atoms with Gasteiger partial charge in [0.25, 0.3) is 5.91 Å². The Kier molecular flexibility index (Phi) is 5.73. The molecule has 1 rings (SSSR count). The molecule has 0 bridgehead atoms. The summed E-state index contributed by atoms with van der Waals surface area (Å²) in [6.45, 7) is 3.02. The van der Waals surface area contributed by atoms with E-state index in [1.165, 1.54) is 0 Å². The Morgan fingerprint density at radius 2 is 2.17 bits per heavy atom. The minimum atomic E-state index is -0.570. The molecule has 18 heavy (non-hydrogen) atoms. The van der Waals surface area contributed by atoms with Crippen LogP contribution in [0.15, 0.2) is 0 Å². The lowest BCUT2D eigenvalue weighted by Crippen LogP contribution is -2.21. The molecule has 0 fully saturated rings. The van der Waals surface area contributed by atoms with Crippen molar-refractivity contribution in [1.82, 2.24) is 15.0 Å². The van der Waals surface area contributed by atoms with Gasteiger partial charge in [-0.15, -0.1) is 5.10 Å². The summed E-state index contributed by atoms with van der Waals surface area (Å²) in [5.74, 6) is -0.570. The number of hydrogen-bond acceptors (Lipinski definition) is 5. The summed E-state index contributed by atoms with van der Waals surface area (Å²) >= 11 is 0. The molecule has 0 aliphatic carbocycles. The van der Waals surface area contributed by atoms with Gasteiger partial charge >= 0.3 is 0 Å². The van der Waals surface area contributed by atoms with Crippen LogP contribution in [0.4, 0.5) is 0 Å². The zero-order valence-electron chi connectivity index (χ0n) is 11.0. The van der Waals surface area contributed by atoms with Gasteiger partial charge in [-0.25, -0.2) is 4.68 Å². The zero-order chi connectivity index (χ0) is 13.5. The molecule has 1 heterocycles. The fourth-order valence-electron chi connectivity index (χ4n) is 1.78. The molecule has 0 saturated heterocycles. The summed E-state index contributed by atoms with van der Waals surface area (Å²) in [6.07, 6.45) is 1.37. The van der Waals surface area contributed by atoms with Gasteiger partial charge < -0.3 is 15.2 Å². The van der Waals surface area contributed by atoms with E-state index in [-0.39, 0.29) is 11.7 Å². The predicted molar refractivity (Wildman–Crippen MR) is 65.3 cm³/mol. The predicted octanol–water partition coefficient (Wildman–Crippen LogP) is 0.163. The quantitative estimate of drug-likeness (QED) is 0.715. The first-order chi connectivity index (χ1) is 8.65. The van der Waals surface area contributed by atoms with Gasteiger partial charge in [0.15, 0.2) is 5.69 Å². The van der Waals surface area contributed by atoms with E-state index in [9.17, 15) is 4.79 Å². The number of carbonyl (C=O) groups is 1. The molecule has 0 aliphatic heterocycles. The van der Waals surface area contributed by atoms with Crippen LogP contribution in [0.3, 0.4) is 0 Å². The molecular formula is C11H20N4O3. The highest BCUT2D eigenvalue weighted by Crippen LogP contribution is 2.16. The third-order valence-corrected chi connectivity index (χ3v) is 2.74. The van der Waals surface area contributed by atoms with Gasteiger partial charge in [-0.05, 0) is 6.42 Å². The van der Waals surface area contributed by atoms with E-state index >= 15 is 0 Å². The summed E-state index contributed by atoms with van der Waals surface area (Å²) in [5, 5.41) is 7.86. The van der Waals surface area contributed by atoms with Crippen LogP contribution in [-0.2, 0) is 15.9 Å². The lowest BCUT2D eigenvalue weighted by Gasteiger charge is -2.16. The van der Waals surface area contributed by atoms with Gasteiger partial charge in [-0.1, -0.05) is 12.1 Å². The maximum Gasteiger partial charge on any atom is 0.271 e. The van der Waals surface area contributed by atoms with E-state index < -0.39 is 5.91 Å². The van der Waals surface area contributed by atoms with Crippen molar-refractivity contribution in [3.05, 3.63) is 11.4 Å². The van der Waals surface area contributed by atoms with Gasteiger partial charge in [0, 0.05) is 20.6 Å². The van der Waals surface area contributed by atoms with Crippen molar-refractivity contribution in [3.63, 3.8) is 0 Å². The molecule has 1 aromatic rings. The van der Waals surface area contributed by atoms with Crippen LogP contribution < -0.4 is 5.73 Å². The van der Waals surface area contributed by atoms with Crippen LogP contribution in [0.25, 0.3) is 0 Å². The lowest BCUT2D eigenvalue weighted by atomic mass is 10.2. The number of nitrogens with two attached hydrogens (primary N) is 1. The summed E-state index contributed by atoms with van der Waals surface area (Å²) in [4.78, 5) is 11.3. The molecule has 0 saturated carbocycles. The topological polar surface area (TPSA) is 92.3 Å². The van der Waals surface area contributed by atoms with E-state index in [1.807, 2.05) is 6.92 Å². The van der Waals surface area contributed by atoms with Crippen LogP contribution >= 0.6 is 0 Å². The first kappa shape index (κ1) is 14.6. The van der Waals surface area contributed by atoms with Gasteiger partial charge in [0.2, 0.25) is 0 Å². The number of aromatic nitrogens is 3. The molecule has 1 aromatic heterocycles. The van der Waals surface area contributed by atoms with Crippen molar-refractivity contribution in [2.75, 3.05) is 27.4 Å². The minimum Gasteiger partial charge on any atom is -0.384 e. The highest BCUT2D eigenvalue weighted by Gasteiger charge is 2.21. The second-order valence-corrected chi connectivity index (χ2v) is 3.95. The van der Waals surface area contributed by atoms with Gasteiger partial charge in [-0.3, -0.25) is 4.79 Å². The van der Waals surface area contributed by atoms with E-state index in [0.29, 0.717) is 25.3 Å². The second-order valence-electron chi connectivity index (χ2n) is 3.95. The van der Waals surface area contributed by atoms with Crippen molar-refractivity contribution in [3.8, 4) is 0 Å². The molecule has 1 amide bonds. The maximum atomic E-state index is 11.3. The molecular weight excluding hydrogens is 236 g/mol. The van der Waals surface area contributed by atoms with Crippen molar-refractivity contribution in [2.45, 2.75) is 25.8 Å². The number of carbonyl (C=O) groups excluding carboxylic acids is 1. The number of ether oxygens (including phenoxy) is 2. The standard InChI is InChI=1S/C11H20N4O3/c1-4-8(7-18-3)15-9(5-6-17-2)10(11(12)16)13-14-15/h8H,4-7H2,1-3H3,(H2,12,16). The van der Waals surface area contributed by atoms with Crippen LogP contribution in [0, 0.1) is 0 Å². The first-order valence-corrected chi connectivity index (χ1v) is 5.87. The molecule has 1 unspecified atom stereocenters. The highest BCUT2D eigenvalue weighted by atomic mass is 16.5. The van der Waals surface area contributed by atoms with Crippen molar-refractivity contribution >= 4 is 5.91 Å². The van der Waals surface area contributed by atoms with Gasteiger partial charge in [-0.2, -0.15) is 0 Å². The third kappa shape index (κ3) is 3.27. The fourth-order valence-corrected chi connectivity index (χ4v) is 1.78. The van der Waals surface area contributed by atoms with E-state index in [1.54, 1.807) is 18.9 Å². The maximum absolute atomic E-state index is 11.3. The molecule has 2 N–H and O–H groups in total. The summed E-state index contributed by atoms with van der Waals surface area (Å²) < 4.78 is 11.9. The number of methoxy groups -OCH3 is 2. The normalized spacial score (nSPS) is 12.6. The van der Waals surface area contributed by atoms with Gasteiger partial charge in [0.1, 0.15) is 0 Å². The summed E-state index contributed by atoms with van der Waals surface area (Å²) in [7, 11) is 3.23. The Balaban J connectivity index is 3.05. The van der Waals surface area contributed by atoms with E-state index in [0.717, 1.165) is 6.42 Å². The van der Waals surface area contributed by atoms with Crippen molar-refractivity contribution in [2.24, 2.45) is 5.73 Å². The molecule has 0 aliphatic rings.